The Labute approximate surface area is 102 Å². The van der Waals surface area contributed by atoms with E-state index in [0.29, 0.717) is 28.7 Å². The topological polar surface area (TPSA) is 58.3 Å². The Hall–Kier alpha value is -0.810. The molecule has 1 aliphatic rings. The second-order valence-corrected chi connectivity index (χ2v) is 5.51. The van der Waals surface area contributed by atoms with Gasteiger partial charge in [0, 0.05) is 10.5 Å². The Kier molecular flexibility index (Phi) is 2.84. The summed E-state index contributed by atoms with van der Waals surface area (Å²) in [6.07, 6.45) is 1.23. The Morgan fingerprint density at radius 3 is 2.69 bits per heavy atom. The van der Waals surface area contributed by atoms with Crippen molar-refractivity contribution in [3.63, 3.8) is 0 Å². The molecule has 0 spiro atoms. The number of hydrogen-bond donors (Lipinski definition) is 3. The third kappa shape index (κ3) is 2.30. The fraction of sp³-hybridized carbons (Fsp3) is 0.455. The number of nitrogen functional groups attached to an aromatic ring is 1. The molecular formula is C11H14BrFN2O. The minimum absolute atomic E-state index is 0.0907. The van der Waals surface area contributed by atoms with Crippen molar-refractivity contribution in [3.05, 3.63) is 22.4 Å². The summed E-state index contributed by atoms with van der Waals surface area (Å²) < 4.78 is 14.2. The molecule has 0 unspecified atom stereocenters. The van der Waals surface area contributed by atoms with Gasteiger partial charge < -0.3 is 16.2 Å². The van der Waals surface area contributed by atoms with Gasteiger partial charge in [-0.1, -0.05) is 15.9 Å². The van der Waals surface area contributed by atoms with E-state index in [1.54, 1.807) is 13.0 Å². The van der Waals surface area contributed by atoms with Gasteiger partial charge in [0.15, 0.2) is 0 Å². The van der Waals surface area contributed by atoms with Crippen LogP contribution in [0.1, 0.15) is 19.8 Å². The van der Waals surface area contributed by atoms with Crippen molar-refractivity contribution in [1.29, 1.82) is 0 Å². The number of aliphatic hydroxyl groups is 1. The van der Waals surface area contributed by atoms with Crippen molar-refractivity contribution < 1.29 is 9.50 Å². The zero-order valence-corrected chi connectivity index (χ0v) is 10.5. The molecule has 1 saturated carbocycles. The highest BCUT2D eigenvalue weighted by Crippen LogP contribution is 2.36. The Bertz CT molecular complexity index is 391. The smallest absolute Gasteiger partial charge is 0.149 e. The first-order chi connectivity index (χ1) is 7.37. The molecule has 1 aliphatic carbocycles. The molecule has 2 rings (SSSR count). The molecule has 0 atom stereocenters. The van der Waals surface area contributed by atoms with Gasteiger partial charge in [0.2, 0.25) is 0 Å². The van der Waals surface area contributed by atoms with Crippen molar-refractivity contribution in [2.45, 2.75) is 31.4 Å². The number of anilines is 2. The van der Waals surface area contributed by atoms with E-state index in [2.05, 4.69) is 21.2 Å². The molecule has 1 fully saturated rings. The lowest BCUT2D eigenvalue weighted by molar-refractivity contribution is -0.0234. The largest absolute Gasteiger partial charge is 0.397 e. The molecule has 0 aliphatic heterocycles. The highest BCUT2D eigenvalue weighted by Gasteiger charge is 2.38. The highest BCUT2D eigenvalue weighted by molar-refractivity contribution is 9.10. The van der Waals surface area contributed by atoms with E-state index in [9.17, 15) is 9.50 Å². The first-order valence-electron chi connectivity index (χ1n) is 5.11. The van der Waals surface area contributed by atoms with E-state index in [1.807, 2.05) is 0 Å². The van der Waals surface area contributed by atoms with Crippen LogP contribution in [0.5, 0.6) is 0 Å². The summed E-state index contributed by atoms with van der Waals surface area (Å²) in [7, 11) is 0. The molecule has 5 heteroatoms. The van der Waals surface area contributed by atoms with Gasteiger partial charge in [0.1, 0.15) is 5.82 Å². The standard InChI is InChI=1S/C11H14BrFN2O/c1-11(16)4-7(5-11)15-10-8(13)2-6(12)3-9(10)14/h2-3,7,15-16H,4-5,14H2,1H3. The molecule has 0 saturated heterocycles. The number of nitrogens with two attached hydrogens (primary N) is 1. The van der Waals surface area contributed by atoms with Gasteiger partial charge in [-0.3, -0.25) is 0 Å². The molecule has 88 valence electrons. The molecule has 0 heterocycles. The fourth-order valence-electron chi connectivity index (χ4n) is 2.05. The second-order valence-electron chi connectivity index (χ2n) is 4.60. The van der Waals surface area contributed by atoms with Gasteiger partial charge in [0.25, 0.3) is 0 Å². The summed E-state index contributed by atoms with van der Waals surface area (Å²) in [5.74, 6) is -0.376. The zero-order chi connectivity index (χ0) is 11.9. The summed E-state index contributed by atoms with van der Waals surface area (Å²) in [6.45, 7) is 1.77. The van der Waals surface area contributed by atoms with E-state index in [1.165, 1.54) is 6.07 Å². The van der Waals surface area contributed by atoms with Crippen LogP contribution >= 0.6 is 15.9 Å². The van der Waals surface area contributed by atoms with Crippen LogP contribution in [0.2, 0.25) is 0 Å². The average Bonchev–Trinajstić information content (AvgIpc) is 2.07. The Morgan fingerprint density at radius 2 is 2.19 bits per heavy atom. The third-order valence-electron chi connectivity index (χ3n) is 2.81. The van der Waals surface area contributed by atoms with Gasteiger partial charge in [-0.25, -0.2) is 4.39 Å². The van der Waals surface area contributed by atoms with Gasteiger partial charge in [-0.2, -0.15) is 0 Å². The molecule has 3 nitrogen and oxygen atoms in total. The average molecular weight is 289 g/mol. The summed E-state index contributed by atoms with van der Waals surface area (Å²) in [4.78, 5) is 0. The van der Waals surface area contributed by atoms with E-state index in [4.69, 9.17) is 5.73 Å². The summed E-state index contributed by atoms with van der Waals surface area (Å²) >= 11 is 3.17. The maximum absolute atomic E-state index is 13.6. The lowest BCUT2D eigenvalue weighted by atomic mass is 9.77. The van der Waals surface area contributed by atoms with Crippen molar-refractivity contribution in [2.24, 2.45) is 0 Å². The maximum atomic E-state index is 13.6. The lowest BCUT2D eigenvalue weighted by Crippen LogP contribution is -2.48. The first kappa shape index (κ1) is 11.7. The van der Waals surface area contributed by atoms with E-state index < -0.39 is 5.60 Å². The van der Waals surface area contributed by atoms with Crippen LogP contribution in [0.4, 0.5) is 15.8 Å². The van der Waals surface area contributed by atoms with Gasteiger partial charge in [0.05, 0.1) is 17.0 Å². The second kappa shape index (κ2) is 3.89. The van der Waals surface area contributed by atoms with Crippen LogP contribution in [0.3, 0.4) is 0 Å². The van der Waals surface area contributed by atoms with Crippen LogP contribution in [0.25, 0.3) is 0 Å². The Morgan fingerprint density at radius 1 is 1.56 bits per heavy atom. The predicted octanol–water partition coefficient (Wildman–Crippen LogP) is 2.50. The molecule has 0 aromatic heterocycles. The van der Waals surface area contributed by atoms with Gasteiger partial charge >= 0.3 is 0 Å². The van der Waals surface area contributed by atoms with E-state index >= 15 is 0 Å². The number of nitrogens with one attached hydrogen (secondary N) is 1. The van der Waals surface area contributed by atoms with Crippen LogP contribution in [-0.4, -0.2) is 16.7 Å². The van der Waals surface area contributed by atoms with Crippen molar-refractivity contribution in [3.8, 4) is 0 Å². The van der Waals surface area contributed by atoms with Crippen molar-refractivity contribution in [2.75, 3.05) is 11.1 Å². The van der Waals surface area contributed by atoms with E-state index in [-0.39, 0.29) is 11.9 Å². The third-order valence-corrected chi connectivity index (χ3v) is 3.26. The van der Waals surface area contributed by atoms with Gasteiger partial charge in [-0.05, 0) is 31.9 Å². The van der Waals surface area contributed by atoms with E-state index in [0.717, 1.165) is 0 Å². The normalized spacial score (nSPS) is 28.6. The number of benzene rings is 1. The monoisotopic (exact) mass is 288 g/mol. The van der Waals surface area contributed by atoms with Crippen LogP contribution in [0, 0.1) is 5.82 Å². The summed E-state index contributed by atoms with van der Waals surface area (Å²) in [6, 6.07) is 3.12. The van der Waals surface area contributed by atoms with Crippen LogP contribution < -0.4 is 11.1 Å². The summed E-state index contributed by atoms with van der Waals surface area (Å²) in [5.41, 5.74) is 5.79. The Balaban J connectivity index is 2.11. The quantitative estimate of drug-likeness (QED) is 0.733. The highest BCUT2D eigenvalue weighted by atomic mass is 79.9. The minimum Gasteiger partial charge on any atom is -0.397 e. The molecule has 16 heavy (non-hydrogen) atoms. The fourth-order valence-corrected chi connectivity index (χ4v) is 2.50. The van der Waals surface area contributed by atoms with Crippen molar-refractivity contribution in [1.82, 2.24) is 0 Å². The molecular weight excluding hydrogens is 275 g/mol. The SMILES string of the molecule is CC1(O)CC(Nc2c(N)cc(Br)cc2F)C1. The first-order valence-corrected chi connectivity index (χ1v) is 5.90. The zero-order valence-electron chi connectivity index (χ0n) is 8.93. The molecule has 4 N–H and O–H groups in total. The molecule has 1 aromatic rings. The number of hydrogen-bond acceptors (Lipinski definition) is 3. The summed E-state index contributed by atoms with van der Waals surface area (Å²) in [5, 5.41) is 12.6. The number of rotatable bonds is 2. The minimum atomic E-state index is -0.627. The molecule has 0 bridgehead atoms. The van der Waals surface area contributed by atoms with Crippen LogP contribution in [0.15, 0.2) is 16.6 Å². The number of halogens is 2. The molecule has 0 amide bonds. The van der Waals surface area contributed by atoms with Crippen molar-refractivity contribution >= 4 is 27.3 Å². The van der Waals surface area contributed by atoms with Crippen LogP contribution in [-0.2, 0) is 0 Å². The molecule has 0 radical (unpaired) electrons. The predicted molar refractivity (Wildman–Crippen MR) is 65.8 cm³/mol. The molecule has 1 aromatic carbocycles. The lowest BCUT2D eigenvalue weighted by Gasteiger charge is -2.41. The van der Waals surface area contributed by atoms with Gasteiger partial charge in [-0.15, -0.1) is 0 Å². The maximum Gasteiger partial charge on any atom is 0.149 e.